The Kier molecular flexibility index (Phi) is 7.24. The minimum atomic E-state index is -0.552. The van der Waals surface area contributed by atoms with Gasteiger partial charge in [0.05, 0.1) is 32.5 Å². The molecule has 2 heterocycles. The van der Waals surface area contributed by atoms with Crippen molar-refractivity contribution in [1.29, 1.82) is 0 Å². The maximum Gasteiger partial charge on any atom is 0.343 e. The maximum atomic E-state index is 12.8. The van der Waals surface area contributed by atoms with Gasteiger partial charge in [-0.05, 0) is 50.6 Å². The summed E-state index contributed by atoms with van der Waals surface area (Å²) in [5.74, 6) is -0.0817. The highest BCUT2D eigenvalue weighted by Crippen LogP contribution is 2.21. The summed E-state index contributed by atoms with van der Waals surface area (Å²) in [5.41, 5.74) is 0.851. The molecule has 1 aromatic heterocycles. The summed E-state index contributed by atoms with van der Waals surface area (Å²) in [6, 6.07) is 6.66. The van der Waals surface area contributed by atoms with Crippen LogP contribution in [0.15, 0.2) is 30.5 Å². The molecule has 166 valence electrons. The average Bonchev–Trinajstić information content (AvgIpc) is 3.35. The molecule has 10 heteroatoms. The normalized spacial score (nSPS) is 16.0. The van der Waals surface area contributed by atoms with Crippen LogP contribution in [0.5, 0.6) is 5.75 Å². The number of aromatic nitrogens is 2. The Morgan fingerprint density at radius 3 is 2.61 bits per heavy atom. The number of esters is 1. The molecule has 0 bridgehead atoms. The van der Waals surface area contributed by atoms with Crippen LogP contribution in [-0.2, 0) is 21.4 Å². The molecule has 1 unspecified atom stereocenters. The van der Waals surface area contributed by atoms with Gasteiger partial charge in [0.15, 0.2) is 0 Å². The van der Waals surface area contributed by atoms with Gasteiger partial charge in [0.25, 0.3) is 0 Å². The van der Waals surface area contributed by atoms with E-state index >= 15 is 0 Å². The smallest absolute Gasteiger partial charge is 0.343 e. The lowest BCUT2D eigenvalue weighted by atomic mass is 10.2. The number of carbonyl (C=O) groups is 3. The Labute approximate surface area is 180 Å². The molecule has 31 heavy (non-hydrogen) atoms. The van der Waals surface area contributed by atoms with Gasteiger partial charge in [-0.15, -0.1) is 0 Å². The summed E-state index contributed by atoms with van der Waals surface area (Å²) in [4.78, 5) is 39.3. The van der Waals surface area contributed by atoms with E-state index in [0.29, 0.717) is 24.4 Å². The Morgan fingerprint density at radius 1 is 1.19 bits per heavy atom. The number of ether oxygens (including phenoxy) is 2. The van der Waals surface area contributed by atoms with E-state index in [2.05, 4.69) is 15.7 Å². The first-order chi connectivity index (χ1) is 14.9. The minimum absolute atomic E-state index is 0.0220. The van der Waals surface area contributed by atoms with Gasteiger partial charge in [0.1, 0.15) is 17.1 Å². The second-order valence-electron chi connectivity index (χ2n) is 7.15. The molecule has 0 aliphatic carbocycles. The Morgan fingerprint density at radius 2 is 1.94 bits per heavy atom. The summed E-state index contributed by atoms with van der Waals surface area (Å²) >= 11 is 0. The third-order valence-corrected chi connectivity index (χ3v) is 5.06. The van der Waals surface area contributed by atoms with Crippen LogP contribution in [0.4, 0.5) is 11.5 Å². The van der Waals surface area contributed by atoms with E-state index in [4.69, 9.17) is 9.47 Å². The summed E-state index contributed by atoms with van der Waals surface area (Å²) in [6.45, 7) is 2.58. The predicted molar refractivity (Wildman–Crippen MR) is 114 cm³/mol. The van der Waals surface area contributed by atoms with E-state index in [0.717, 1.165) is 6.42 Å². The number of carbonyl (C=O) groups excluding carboxylic acids is 3. The quantitative estimate of drug-likeness (QED) is 0.613. The molecule has 1 fully saturated rings. The van der Waals surface area contributed by atoms with Crippen molar-refractivity contribution in [3.63, 3.8) is 0 Å². The zero-order chi connectivity index (χ0) is 22.4. The molecule has 1 aromatic carbocycles. The Balaban J connectivity index is 1.61. The van der Waals surface area contributed by atoms with Crippen molar-refractivity contribution in [2.24, 2.45) is 7.05 Å². The van der Waals surface area contributed by atoms with Crippen LogP contribution in [0, 0.1) is 0 Å². The molecule has 2 N–H and O–H groups in total. The molecule has 1 aliphatic heterocycles. The first-order valence-corrected chi connectivity index (χ1v) is 10.1. The number of hydrogen-bond donors (Lipinski definition) is 2. The van der Waals surface area contributed by atoms with Gasteiger partial charge in [-0.25, -0.2) is 4.79 Å². The average molecular weight is 429 g/mol. The summed E-state index contributed by atoms with van der Waals surface area (Å²) < 4.78 is 11.5. The molecular formula is C21H27N5O5. The van der Waals surface area contributed by atoms with Crippen molar-refractivity contribution >= 4 is 29.3 Å². The van der Waals surface area contributed by atoms with Gasteiger partial charge in [-0.2, -0.15) is 5.10 Å². The van der Waals surface area contributed by atoms with Crippen LogP contribution in [0.25, 0.3) is 0 Å². The maximum absolute atomic E-state index is 12.8. The first-order valence-electron chi connectivity index (χ1n) is 10.1. The molecule has 10 nitrogen and oxygen atoms in total. The fourth-order valence-electron chi connectivity index (χ4n) is 3.51. The third kappa shape index (κ3) is 5.40. The number of methoxy groups -OCH3 is 1. The van der Waals surface area contributed by atoms with E-state index in [1.54, 1.807) is 45.3 Å². The van der Waals surface area contributed by atoms with E-state index in [9.17, 15) is 14.4 Å². The van der Waals surface area contributed by atoms with Crippen LogP contribution in [-0.4, -0.2) is 65.3 Å². The monoisotopic (exact) mass is 429 g/mol. The molecule has 0 saturated carbocycles. The third-order valence-electron chi connectivity index (χ3n) is 5.06. The molecule has 1 aliphatic rings. The number of aryl methyl sites for hydroxylation is 1. The van der Waals surface area contributed by atoms with Gasteiger partial charge in [-0.1, -0.05) is 0 Å². The van der Waals surface area contributed by atoms with Gasteiger partial charge >= 0.3 is 5.97 Å². The number of benzene rings is 1. The first kappa shape index (κ1) is 22.3. The van der Waals surface area contributed by atoms with Crippen molar-refractivity contribution in [2.75, 3.05) is 37.4 Å². The highest BCUT2D eigenvalue weighted by atomic mass is 16.5. The fraction of sp³-hybridized carbons (Fsp3) is 0.429. The van der Waals surface area contributed by atoms with E-state index in [1.807, 2.05) is 4.90 Å². The summed E-state index contributed by atoms with van der Waals surface area (Å²) in [6.07, 6.45) is 2.83. The van der Waals surface area contributed by atoms with Crippen LogP contribution in [0.2, 0.25) is 0 Å². The number of nitrogens with zero attached hydrogens (tertiary/aromatic N) is 3. The summed E-state index contributed by atoms with van der Waals surface area (Å²) in [7, 11) is 3.20. The molecule has 2 amide bonds. The fourth-order valence-corrected chi connectivity index (χ4v) is 3.51. The SMILES string of the molecule is CCOC(=O)c1cnn(C)c1NC(=O)CN1CCCC1C(=O)Nc1ccc(OC)cc1. The lowest BCUT2D eigenvalue weighted by Gasteiger charge is -2.23. The predicted octanol–water partition coefficient (Wildman–Crippen LogP) is 1.65. The van der Waals surface area contributed by atoms with Gasteiger partial charge in [-0.3, -0.25) is 19.2 Å². The number of amides is 2. The number of hydrogen-bond acceptors (Lipinski definition) is 7. The minimum Gasteiger partial charge on any atom is -0.497 e. The van der Waals surface area contributed by atoms with Crippen molar-refractivity contribution in [2.45, 2.75) is 25.8 Å². The second kappa shape index (κ2) is 10.1. The molecule has 2 aromatic rings. The molecule has 1 atom stereocenters. The number of nitrogens with one attached hydrogen (secondary N) is 2. The number of likely N-dealkylation sites (tertiary alicyclic amines) is 1. The summed E-state index contributed by atoms with van der Waals surface area (Å²) in [5, 5.41) is 9.63. The molecule has 0 radical (unpaired) electrons. The Hall–Kier alpha value is -3.40. The van der Waals surface area contributed by atoms with Gasteiger partial charge in [0, 0.05) is 12.7 Å². The van der Waals surface area contributed by atoms with Crippen molar-refractivity contribution in [1.82, 2.24) is 14.7 Å². The van der Waals surface area contributed by atoms with Crippen LogP contribution >= 0.6 is 0 Å². The highest BCUT2D eigenvalue weighted by molar-refractivity contribution is 6.01. The van der Waals surface area contributed by atoms with Crippen LogP contribution < -0.4 is 15.4 Å². The molecule has 1 saturated heterocycles. The van der Waals surface area contributed by atoms with Crippen molar-refractivity contribution in [3.8, 4) is 5.75 Å². The van der Waals surface area contributed by atoms with Crippen LogP contribution in [0.3, 0.4) is 0 Å². The van der Waals surface area contributed by atoms with E-state index in [1.165, 1.54) is 10.9 Å². The molecule has 3 rings (SSSR count). The Bertz CT molecular complexity index is 940. The lowest BCUT2D eigenvalue weighted by Crippen LogP contribution is -2.43. The topological polar surface area (TPSA) is 115 Å². The van der Waals surface area contributed by atoms with E-state index in [-0.39, 0.29) is 36.3 Å². The zero-order valence-electron chi connectivity index (χ0n) is 17.9. The van der Waals surface area contributed by atoms with Crippen molar-refractivity contribution < 1.29 is 23.9 Å². The zero-order valence-corrected chi connectivity index (χ0v) is 17.9. The lowest BCUT2D eigenvalue weighted by molar-refractivity contribution is -0.122. The molecular weight excluding hydrogens is 402 g/mol. The second-order valence-corrected chi connectivity index (χ2v) is 7.15. The number of anilines is 2. The standard InChI is InChI=1S/C21H27N5O5/c1-4-31-21(29)16-12-22-25(2)19(16)24-18(27)13-26-11-5-6-17(26)20(28)23-14-7-9-15(30-3)10-8-14/h7-10,12,17H,4-6,11,13H2,1-3H3,(H,23,28)(H,24,27). The van der Waals surface area contributed by atoms with Gasteiger partial charge < -0.3 is 20.1 Å². The van der Waals surface area contributed by atoms with Crippen LogP contribution in [0.1, 0.15) is 30.1 Å². The molecule has 0 spiro atoms. The van der Waals surface area contributed by atoms with Gasteiger partial charge in [0.2, 0.25) is 11.8 Å². The van der Waals surface area contributed by atoms with Crippen molar-refractivity contribution in [3.05, 3.63) is 36.0 Å². The highest BCUT2D eigenvalue weighted by Gasteiger charge is 2.32. The number of rotatable bonds is 8. The van der Waals surface area contributed by atoms with E-state index < -0.39 is 12.0 Å². The largest absolute Gasteiger partial charge is 0.497 e.